The van der Waals surface area contributed by atoms with Crippen molar-refractivity contribution in [3.8, 4) is 11.3 Å². The topological polar surface area (TPSA) is 61.0 Å². The number of halogens is 1. The normalized spacial score (nSPS) is 13.8. The number of nitrogens with one attached hydrogen (secondary N) is 2. The first-order valence-corrected chi connectivity index (χ1v) is 7.20. The smallest absolute Gasteiger partial charge is 0.224 e. The molecule has 0 spiro atoms. The zero-order valence-electron chi connectivity index (χ0n) is 11.3. The van der Waals surface area contributed by atoms with Crippen LogP contribution in [0.5, 0.6) is 0 Å². The number of rotatable bonds is 2. The van der Waals surface area contributed by atoms with Crippen molar-refractivity contribution >= 4 is 33.3 Å². The molecule has 1 amide bonds. The second kappa shape index (κ2) is 4.94. The summed E-state index contributed by atoms with van der Waals surface area (Å²) in [6, 6.07) is 6.04. The van der Waals surface area contributed by atoms with Gasteiger partial charge in [-0.1, -0.05) is 6.07 Å². The summed E-state index contributed by atoms with van der Waals surface area (Å²) in [5.41, 5.74) is 4.09. The summed E-state index contributed by atoms with van der Waals surface area (Å²) >= 11 is 3.59. The minimum absolute atomic E-state index is 0.0860. The van der Waals surface area contributed by atoms with E-state index >= 15 is 0 Å². The SMILES string of the molecule is CN(C)c1n[nH]c(-c2ccc3c(c2)CCC(=O)N3)c1Br. The third kappa shape index (κ3) is 2.20. The van der Waals surface area contributed by atoms with Gasteiger partial charge < -0.3 is 10.2 Å². The number of aryl methyl sites for hydroxylation is 1. The molecule has 3 rings (SSSR count). The largest absolute Gasteiger partial charge is 0.360 e. The Kier molecular flexibility index (Phi) is 3.25. The molecular weight excluding hydrogens is 320 g/mol. The minimum atomic E-state index is 0.0860. The third-order valence-electron chi connectivity index (χ3n) is 3.40. The fourth-order valence-electron chi connectivity index (χ4n) is 2.35. The van der Waals surface area contributed by atoms with Gasteiger partial charge in [0.15, 0.2) is 5.82 Å². The fraction of sp³-hybridized carbons (Fsp3) is 0.286. The van der Waals surface area contributed by atoms with E-state index < -0.39 is 0 Å². The zero-order valence-corrected chi connectivity index (χ0v) is 12.9. The van der Waals surface area contributed by atoms with E-state index in [1.807, 2.05) is 31.1 Å². The Hall–Kier alpha value is -1.82. The molecular formula is C14H15BrN4O. The van der Waals surface area contributed by atoms with E-state index in [4.69, 9.17) is 0 Å². The Morgan fingerprint density at radius 3 is 2.80 bits per heavy atom. The summed E-state index contributed by atoms with van der Waals surface area (Å²) in [6.45, 7) is 0. The average Bonchev–Trinajstić information content (AvgIpc) is 2.80. The van der Waals surface area contributed by atoms with Crippen LogP contribution in [-0.2, 0) is 11.2 Å². The molecule has 2 N–H and O–H groups in total. The van der Waals surface area contributed by atoms with Gasteiger partial charge in [-0.05, 0) is 40.0 Å². The molecule has 5 nitrogen and oxygen atoms in total. The van der Waals surface area contributed by atoms with Crippen molar-refractivity contribution in [2.24, 2.45) is 0 Å². The third-order valence-corrected chi connectivity index (χ3v) is 4.15. The predicted molar refractivity (Wildman–Crippen MR) is 83.0 cm³/mol. The van der Waals surface area contributed by atoms with E-state index in [-0.39, 0.29) is 5.91 Å². The molecule has 0 atom stereocenters. The van der Waals surface area contributed by atoms with Gasteiger partial charge >= 0.3 is 0 Å². The molecule has 1 aromatic carbocycles. The second-order valence-electron chi connectivity index (χ2n) is 5.05. The molecule has 20 heavy (non-hydrogen) atoms. The molecule has 6 heteroatoms. The number of carbonyl (C=O) groups excluding carboxylic acids is 1. The van der Waals surface area contributed by atoms with Crippen LogP contribution in [0.2, 0.25) is 0 Å². The lowest BCUT2D eigenvalue weighted by Gasteiger charge is -2.17. The van der Waals surface area contributed by atoms with Crippen LogP contribution in [0.15, 0.2) is 22.7 Å². The van der Waals surface area contributed by atoms with Crippen LogP contribution in [0, 0.1) is 0 Å². The van der Waals surface area contributed by atoms with Gasteiger partial charge in [-0.15, -0.1) is 0 Å². The lowest BCUT2D eigenvalue weighted by molar-refractivity contribution is -0.116. The van der Waals surface area contributed by atoms with Gasteiger partial charge in [0.25, 0.3) is 0 Å². The Balaban J connectivity index is 2.01. The van der Waals surface area contributed by atoms with Crippen molar-refractivity contribution in [3.63, 3.8) is 0 Å². The van der Waals surface area contributed by atoms with E-state index in [9.17, 15) is 4.79 Å². The molecule has 1 aliphatic rings. The van der Waals surface area contributed by atoms with Gasteiger partial charge in [0, 0.05) is 31.8 Å². The Morgan fingerprint density at radius 2 is 2.10 bits per heavy atom. The van der Waals surface area contributed by atoms with E-state index in [1.165, 1.54) is 0 Å². The number of carbonyl (C=O) groups is 1. The Labute approximate surface area is 125 Å². The molecule has 0 aliphatic carbocycles. The van der Waals surface area contributed by atoms with Gasteiger partial charge in [0.05, 0.1) is 10.2 Å². The van der Waals surface area contributed by atoms with Crippen LogP contribution in [0.4, 0.5) is 11.5 Å². The molecule has 0 saturated carbocycles. The van der Waals surface area contributed by atoms with Crippen molar-refractivity contribution in [2.75, 3.05) is 24.3 Å². The quantitative estimate of drug-likeness (QED) is 0.887. The highest BCUT2D eigenvalue weighted by molar-refractivity contribution is 9.10. The van der Waals surface area contributed by atoms with Crippen LogP contribution >= 0.6 is 15.9 Å². The second-order valence-corrected chi connectivity index (χ2v) is 5.84. The number of hydrogen-bond donors (Lipinski definition) is 2. The minimum Gasteiger partial charge on any atom is -0.360 e. The van der Waals surface area contributed by atoms with E-state index in [2.05, 4.69) is 37.5 Å². The molecule has 2 heterocycles. The number of hydrogen-bond acceptors (Lipinski definition) is 3. The lowest BCUT2D eigenvalue weighted by atomic mass is 9.99. The highest BCUT2D eigenvalue weighted by atomic mass is 79.9. The van der Waals surface area contributed by atoms with Crippen LogP contribution < -0.4 is 10.2 Å². The van der Waals surface area contributed by atoms with Crippen molar-refractivity contribution in [2.45, 2.75) is 12.8 Å². The number of benzene rings is 1. The highest BCUT2D eigenvalue weighted by Gasteiger charge is 2.18. The van der Waals surface area contributed by atoms with Crippen molar-refractivity contribution in [1.82, 2.24) is 10.2 Å². The summed E-state index contributed by atoms with van der Waals surface area (Å²) in [6.07, 6.45) is 1.32. The maximum Gasteiger partial charge on any atom is 0.224 e. The fourth-order valence-corrected chi connectivity index (χ4v) is 3.11. The van der Waals surface area contributed by atoms with Crippen LogP contribution in [0.25, 0.3) is 11.3 Å². The monoisotopic (exact) mass is 334 g/mol. The van der Waals surface area contributed by atoms with Crippen molar-refractivity contribution in [3.05, 3.63) is 28.2 Å². The number of aromatic amines is 1. The molecule has 1 aliphatic heterocycles. The van der Waals surface area contributed by atoms with Crippen LogP contribution in [0.1, 0.15) is 12.0 Å². The first-order valence-electron chi connectivity index (χ1n) is 6.40. The van der Waals surface area contributed by atoms with Gasteiger partial charge in [-0.25, -0.2) is 0 Å². The molecule has 0 fully saturated rings. The molecule has 0 bridgehead atoms. The molecule has 104 valence electrons. The van der Waals surface area contributed by atoms with Crippen LogP contribution in [0.3, 0.4) is 0 Å². The summed E-state index contributed by atoms with van der Waals surface area (Å²) in [7, 11) is 3.90. The number of H-pyrrole nitrogens is 1. The average molecular weight is 335 g/mol. The Bertz CT molecular complexity index is 678. The van der Waals surface area contributed by atoms with E-state index in [1.54, 1.807) is 0 Å². The number of fused-ring (bicyclic) bond motifs is 1. The molecule has 0 saturated heterocycles. The number of nitrogens with zero attached hydrogens (tertiary/aromatic N) is 2. The zero-order chi connectivity index (χ0) is 14.3. The summed E-state index contributed by atoms with van der Waals surface area (Å²) in [5, 5.41) is 10.3. The van der Waals surface area contributed by atoms with Gasteiger partial charge in [0.1, 0.15) is 0 Å². The number of anilines is 2. The maximum absolute atomic E-state index is 11.4. The number of amides is 1. The van der Waals surface area contributed by atoms with E-state index in [0.29, 0.717) is 6.42 Å². The van der Waals surface area contributed by atoms with Gasteiger partial charge in [-0.2, -0.15) is 5.10 Å². The summed E-state index contributed by atoms with van der Waals surface area (Å²) < 4.78 is 0.947. The van der Waals surface area contributed by atoms with Crippen LogP contribution in [-0.4, -0.2) is 30.2 Å². The predicted octanol–water partition coefficient (Wildman–Crippen LogP) is 2.79. The molecule has 1 aromatic heterocycles. The Morgan fingerprint density at radius 1 is 1.30 bits per heavy atom. The molecule has 0 unspecified atom stereocenters. The molecule has 2 aromatic rings. The highest BCUT2D eigenvalue weighted by Crippen LogP contribution is 2.35. The van der Waals surface area contributed by atoms with Gasteiger partial charge in [-0.3, -0.25) is 9.89 Å². The van der Waals surface area contributed by atoms with Gasteiger partial charge in [0.2, 0.25) is 5.91 Å². The van der Waals surface area contributed by atoms with Crippen molar-refractivity contribution in [1.29, 1.82) is 0 Å². The number of aromatic nitrogens is 2. The lowest BCUT2D eigenvalue weighted by Crippen LogP contribution is -2.18. The van der Waals surface area contributed by atoms with E-state index in [0.717, 1.165) is 39.2 Å². The maximum atomic E-state index is 11.4. The standard InChI is InChI=1S/C14H15BrN4O/c1-19(2)14-12(15)13(17-18-14)9-3-5-10-8(7-9)4-6-11(20)16-10/h3,5,7H,4,6H2,1-2H3,(H,16,20)(H,17,18). The molecule has 0 radical (unpaired) electrons. The first kappa shape index (κ1) is 13.2. The summed E-state index contributed by atoms with van der Waals surface area (Å²) in [5.74, 6) is 0.953. The first-order chi connectivity index (χ1) is 9.56. The van der Waals surface area contributed by atoms with Crippen molar-refractivity contribution < 1.29 is 4.79 Å². The summed E-state index contributed by atoms with van der Waals surface area (Å²) in [4.78, 5) is 13.3.